The lowest BCUT2D eigenvalue weighted by atomic mass is 9.97. The first kappa shape index (κ1) is 15.5. The Hall–Kier alpha value is -1.91. The molecular weight excluding hydrogens is 273 g/mol. The topological polar surface area (TPSA) is 57.6 Å². The molecule has 0 radical (unpaired) electrons. The van der Waals surface area contributed by atoms with Crippen molar-refractivity contribution in [2.45, 2.75) is 38.6 Å². The minimum absolute atomic E-state index is 0.0503. The van der Waals surface area contributed by atoms with Gasteiger partial charge in [0, 0.05) is 13.0 Å². The molecule has 1 aromatic rings. The lowest BCUT2D eigenvalue weighted by Crippen LogP contribution is -2.41. The number of aliphatic carboxylic acids is 1. The van der Waals surface area contributed by atoms with Crippen LogP contribution in [0.2, 0.25) is 0 Å². The van der Waals surface area contributed by atoms with Gasteiger partial charge in [-0.05, 0) is 42.9 Å². The van der Waals surface area contributed by atoms with Crippen LogP contribution in [0.5, 0.6) is 0 Å². The summed E-state index contributed by atoms with van der Waals surface area (Å²) in [5.41, 5.74) is 0.853. The van der Waals surface area contributed by atoms with Crippen molar-refractivity contribution in [1.82, 2.24) is 4.90 Å². The number of rotatable bonds is 5. The van der Waals surface area contributed by atoms with Gasteiger partial charge in [-0.2, -0.15) is 0 Å². The third kappa shape index (κ3) is 4.03. The van der Waals surface area contributed by atoms with E-state index in [1.54, 1.807) is 6.07 Å². The molecule has 0 unspecified atom stereocenters. The number of amides is 1. The van der Waals surface area contributed by atoms with E-state index in [0.29, 0.717) is 25.8 Å². The normalized spacial score (nSPS) is 19.5. The fourth-order valence-electron chi connectivity index (χ4n) is 2.88. The number of carbonyl (C=O) groups excluding carboxylic acids is 1. The van der Waals surface area contributed by atoms with E-state index in [1.807, 2.05) is 13.0 Å². The highest BCUT2D eigenvalue weighted by atomic mass is 19.1. The average molecular weight is 293 g/mol. The van der Waals surface area contributed by atoms with Gasteiger partial charge in [-0.1, -0.05) is 19.1 Å². The van der Waals surface area contributed by atoms with Crippen LogP contribution in [0.1, 0.15) is 31.7 Å². The van der Waals surface area contributed by atoms with Crippen LogP contribution in [-0.4, -0.2) is 34.5 Å². The molecule has 4 nitrogen and oxygen atoms in total. The number of carboxylic acid groups (broad SMARTS) is 1. The summed E-state index contributed by atoms with van der Waals surface area (Å²) in [5.74, 6) is -1.28. The van der Waals surface area contributed by atoms with Crippen molar-refractivity contribution in [2.75, 3.05) is 6.54 Å². The number of likely N-dealkylation sites (tertiary alicyclic amines) is 1. The van der Waals surface area contributed by atoms with E-state index in [0.717, 1.165) is 12.0 Å². The molecule has 1 fully saturated rings. The Balaban J connectivity index is 1.91. The van der Waals surface area contributed by atoms with Crippen molar-refractivity contribution in [3.05, 3.63) is 35.6 Å². The number of hydrogen-bond acceptors (Lipinski definition) is 2. The fourth-order valence-corrected chi connectivity index (χ4v) is 2.88. The molecule has 1 saturated heterocycles. The molecule has 1 N–H and O–H groups in total. The maximum Gasteiger partial charge on any atom is 0.326 e. The summed E-state index contributed by atoms with van der Waals surface area (Å²) in [6, 6.07) is 5.66. The van der Waals surface area contributed by atoms with Crippen LogP contribution < -0.4 is 0 Å². The van der Waals surface area contributed by atoms with Crippen LogP contribution >= 0.6 is 0 Å². The summed E-state index contributed by atoms with van der Waals surface area (Å²) in [4.78, 5) is 24.8. The van der Waals surface area contributed by atoms with Gasteiger partial charge in [-0.25, -0.2) is 9.18 Å². The summed E-state index contributed by atoms with van der Waals surface area (Å²) < 4.78 is 13.1. The molecular formula is C16H20FNO3. The quantitative estimate of drug-likeness (QED) is 0.907. The van der Waals surface area contributed by atoms with Gasteiger partial charge in [0.05, 0.1) is 0 Å². The minimum Gasteiger partial charge on any atom is -0.480 e. The van der Waals surface area contributed by atoms with Gasteiger partial charge in [0.2, 0.25) is 5.91 Å². The maximum absolute atomic E-state index is 13.1. The number of hydrogen-bond donors (Lipinski definition) is 1. The summed E-state index contributed by atoms with van der Waals surface area (Å²) in [5, 5.41) is 9.10. The molecule has 1 aliphatic rings. The summed E-state index contributed by atoms with van der Waals surface area (Å²) in [7, 11) is 0. The van der Waals surface area contributed by atoms with Crippen molar-refractivity contribution in [3.8, 4) is 0 Å². The van der Waals surface area contributed by atoms with E-state index in [1.165, 1.54) is 17.0 Å². The first-order chi connectivity index (χ1) is 9.97. The van der Waals surface area contributed by atoms with E-state index in [9.17, 15) is 14.0 Å². The van der Waals surface area contributed by atoms with Crippen LogP contribution in [0.15, 0.2) is 24.3 Å². The average Bonchev–Trinajstić information content (AvgIpc) is 2.87. The molecule has 1 aliphatic heterocycles. The van der Waals surface area contributed by atoms with E-state index in [4.69, 9.17) is 5.11 Å². The summed E-state index contributed by atoms with van der Waals surface area (Å²) in [6.07, 6.45) is 2.16. The third-order valence-electron chi connectivity index (χ3n) is 3.85. The van der Waals surface area contributed by atoms with Gasteiger partial charge in [-0.3, -0.25) is 4.79 Å². The van der Waals surface area contributed by atoms with Gasteiger partial charge in [0.1, 0.15) is 11.9 Å². The van der Waals surface area contributed by atoms with Crippen LogP contribution in [0.4, 0.5) is 4.39 Å². The zero-order valence-corrected chi connectivity index (χ0v) is 12.1. The second kappa shape index (κ2) is 6.70. The first-order valence-corrected chi connectivity index (χ1v) is 7.24. The molecule has 0 aromatic heterocycles. The smallest absolute Gasteiger partial charge is 0.326 e. The Kier molecular flexibility index (Phi) is 4.94. The van der Waals surface area contributed by atoms with Crippen LogP contribution in [0, 0.1) is 11.7 Å². The molecule has 5 heteroatoms. The molecule has 21 heavy (non-hydrogen) atoms. The molecule has 0 spiro atoms. The van der Waals surface area contributed by atoms with Crippen molar-refractivity contribution in [2.24, 2.45) is 5.92 Å². The Morgan fingerprint density at radius 2 is 2.24 bits per heavy atom. The zero-order valence-electron chi connectivity index (χ0n) is 12.1. The maximum atomic E-state index is 13.1. The van der Waals surface area contributed by atoms with E-state index >= 15 is 0 Å². The minimum atomic E-state index is -0.932. The van der Waals surface area contributed by atoms with E-state index in [2.05, 4.69) is 0 Å². The van der Waals surface area contributed by atoms with Gasteiger partial charge in [0.15, 0.2) is 0 Å². The SMILES string of the molecule is C[C@H](CC(=O)N1CCC[C@H]1C(=O)O)Cc1cccc(F)c1. The lowest BCUT2D eigenvalue weighted by molar-refractivity contribution is -0.148. The predicted octanol–water partition coefficient (Wildman–Crippen LogP) is 2.47. The number of carboxylic acids is 1. The zero-order chi connectivity index (χ0) is 15.4. The molecule has 0 aliphatic carbocycles. The third-order valence-corrected chi connectivity index (χ3v) is 3.85. The molecule has 1 heterocycles. The Bertz CT molecular complexity index is 532. The number of carbonyl (C=O) groups is 2. The van der Waals surface area contributed by atoms with Crippen LogP contribution in [0.25, 0.3) is 0 Å². The standard InChI is InChI=1S/C16H20FNO3/c1-11(8-12-4-2-5-13(17)10-12)9-15(19)18-7-3-6-14(18)16(20)21/h2,4-5,10-11,14H,3,6-9H2,1H3,(H,20,21)/t11-,14-/m0/s1. The Morgan fingerprint density at radius 3 is 2.90 bits per heavy atom. The van der Waals surface area contributed by atoms with Gasteiger partial charge < -0.3 is 10.0 Å². The van der Waals surface area contributed by atoms with Crippen molar-refractivity contribution < 1.29 is 19.1 Å². The summed E-state index contributed by atoms with van der Waals surface area (Å²) in [6.45, 7) is 2.44. The molecule has 0 bridgehead atoms. The van der Waals surface area contributed by atoms with Crippen molar-refractivity contribution in [3.63, 3.8) is 0 Å². The summed E-state index contributed by atoms with van der Waals surface area (Å²) >= 11 is 0. The molecule has 2 atom stereocenters. The second-order valence-corrected chi connectivity index (χ2v) is 5.73. The van der Waals surface area contributed by atoms with Crippen molar-refractivity contribution in [1.29, 1.82) is 0 Å². The number of nitrogens with zero attached hydrogens (tertiary/aromatic N) is 1. The van der Waals surface area contributed by atoms with E-state index < -0.39 is 12.0 Å². The first-order valence-electron chi connectivity index (χ1n) is 7.24. The van der Waals surface area contributed by atoms with Crippen molar-refractivity contribution >= 4 is 11.9 Å². The largest absolute Gasteiger partial charge is 0.480 e. The highest BCUT2D eigenvalue weighted by Crippen LogP contribution is 2.21. The van der Waals surface area contributed by atoms with Crippen LogP contribution in [0.3, 0.4) is 0 Å². The number of halogens is 1. The molecule has 114 valence electrons. The molecule has 1 aromatic carbocycles. The monoisotopic (exact) mass is 293 g/mol. The van der Waals surface area contributed by atoms with Gasteiger partial charge >= 0.3 is 5.97 Å². The Morgan fingerprint density at radius 1 is 1.48 bits per heavy atom. The Labute approximate surface area is 123 Å². The van der Waals surface area contributed by atoms with Gasteiger partial charge in [-0.15, -0.1) is 0 Å². The van der Waals surface area contributed by atoms with Gasteiger partial charge in [0.25, 0.3) is 0 Å². The molecule has 1 amide bonds. The van der Waals surface area contributed by atoms with Crippen LogP contribution in [-0.2, 0) is 16.0 Å². The van der Waals surface area contributed by atoms with E-state index in [-0.39, 0.29) is 17.6 Å². The lowest BCUT2D eigenvalue weighted by Gasteiger charge is -2.23. The highest BCUT2D eigenvalue weighted by Gasteiger charge is 2.34. The molecule has 0 saturated carbocycles. The highest BCUT2D eigenvalue weighted by molar-refractivity contribution is 5.84. The molecule has 2 rings (SSSR count). The predicted molar refractivity (Wildman–Crippen MR) is 76.3 cm³/mol. The fraction of sp³-hybridized carbons (Fsp3) is 0.500. The number of benzene rings is 1. The second-order valence-electron chi connectivity index (χ2n) is 5.73.